The number of para-hydroxylation sites is 2. The van der Waals surface area contributed by atoms with E-state index in [-0.39, 0.29) is 5.91 Å². The number of amides is 1. The third-order valence-corrected chi connectivity index (χ3v) is 3.41. The fourth-order valence-corrected chi connectivity index (χ4v) is 2.55. The van der Waals surface area contributed by atoms with Crippen LogP contribution < -0.4 is 10.2 Å². The van der Waals surface area contributed by atoms with Gasteiger partial charge in [-0.05, 0) is 30.3 Å². The van der Waals surface area contributed by atoms with Crippen LogP contribution in [-0.2, 0) is 0 Å². The second-order valence-electron chi connectivity index (χ2n) is 4.47. The topological polar surface area (TPSA) is 32.3 Å². The summed E-state index contributed by atoms with van der Waals surface area (Å²) in [5.74, 6) is -0.348. The average molecular weight is 291 g/mol. The molecule has 0 aromatic heterocycles. The minimum Gasteiger partial charge on any atom is -0.338 e. The molecule has 0 unspecified atom stereocenters. The van der Waals surface area contributed by atoms with Gasteiger partial charge in [-0.15, -0.1) is 11.6 Å². The highest BCUT2D eigenvalue weighted by Gasteiger charge is 2.24. The van der Waals surface area contributed by atoms with Crippen molar-refractivity contribution in [2.75, 3.05) is 22.6 Å². The molecule has 0 radical (unpaired) electrons. The molecular formula is C15H12ClFN2O. The fraction of sp³-hybridized carbons (Fsp3) is 0.133. The van der Waals surface area contributed by atoms with Crippen LogP contribution in [0.4, 0.5) is 21.5 Å². The Labute approximate surface area is 121 Å². The first-order chi connectivity index (χ1) is 9.70. The lowest BCUT2D eigenvalue weighted by Gasteiger charge is -2.24. The molecule has 0 fully saturated rings. The summed E-state index contributed by atoms with van der Waals surface area (Å²) in [5.41, 5.74) is 2.52. The quantitative estimate of drug-likeness (QED) is 0.854. The van der Waals surface area contributed by atoms with Crippen LogP contribution in [0, 0.1) is 5.82 Å². The Morgan fingerprint density at radius 2 is 1.95 bits per heavy atom. The summed E-state index contributed by atoms with van der Waals surface area (Å²) < 4.78 is 13.4. The molecule has 0 bridgehead atoms. The summed E-state index contributed by atoms with van der Waals surface area (Å²) in [5, 5.41) is 2.80. The summed E-state index contributed by atoms with van der Waals surface area (Å²) >= 11 is 5.87. The van der Waals surface area contributed by atoms with Crippen molar-refractivity contribution in [3.8, 4) is 0 Å². The number of halogens is 2. The highest BCUT2D eigenvalue weighted by Crippen LogP contribution is 2.37. The molecule has 3 rings (SSSR count). The zero-order valence-corrected chi connectivity index (χ0v) is 11.3. The fourth-order valence-electron chi connectivity index (χ4n) is 2.39. The molecule has 0 spiro atoms. The number of hydrogen-bond acceptors (Lipinski definition) is 2. The van der Waals surface area contributed by atoms with Gasteiger partial charge in [-0.1, -0.05) is 12.1 Å². The number of fused-ring (bicyclic) bond motifs is 2. The molecule has 0 saturated heterocycles. The maximum absolute atomic E-state index is 13.4. The highest BCUT2D eigenvalue weighted by atomic mass is 35.5. The summed E-state index contributed by atoms with van der Waals surface area (Å²) in [7, 11) is 0. The second kappa shape index (κ2) is 5.13. The number of nitrogens with one attached hydrogen (secondary N) is 1. The van der Waals surface area contributed by atoms with Crippen molar-refractivity contribution in [1.82, 2.24) is 0 Å². The third kappa shape index (κ3) is 2.12. The average Bonchev–Trinajstić information content (AvgIpc) is 2.56. The lowest BCUT2D eigenvalue weighted by molar-refractivity contribution is 0.102. The predicted octanol–water partition coefficient (Wildman–Crippen LogP) is 3.77. The molecule has 20 heavy (non-hydrogen) atoms. The lowest BCUT2D eigenvalue weighted by Crippen LogP contribution is -2.20. The van der Waals surface area contributed by atoms with Gasteiger partial charge in [0.2, 0.25) is 0 Å². The molecule has 1 heterocycles. The summed E-state index contributed by atoms with van der Waals surface area (Å²) in [6.45, 7) is 0.534. The molecule has 1 amide bonds. The van der Waals surface area contributed by atoms with E-state index in [1.54, 1.807) is 6.07 Å². The van der Waals surface area contributed by atoms with Crippen LogP contribution >= 0.6 is 11.6 Å². The number of anilines is 3. The Morgan fingerprint density at radius 1 is 1.15 bits per heavy atom. The van der Waals surface area contributed by atoms with Crippen molar-refractivity contribution in [1.29, 1.82) is 0 Å². The number of alkyl halides is 1. The van der Waals surface area contributed by atoms with E-state index in [0.717, 1.165) is 5.69 Å². The van der Waals surface area contributed by atoms with Crippen LogP contribution in [0.2, 0.25) is 0 Å². The molecule has 1 N–H and O–H groups in total. The van der Waals surface area contributed by atoms with Crippen molar-refractivity contribution in [3.05, 3.63) is 53.8 Å². The molecule has 102 valence electrons. The SMILES string of the molecule is O=C1Nc2ccccc2N(CCCl)c2ccc(F)cc21. The van der Waals surface area contributed by atoms with E-state index in [0.29, 0.717) is 29.4 Å². The van der Waals surface area contributed by atoms with Crippen LogP contribution in [-0.4, -0.2) is 18.3 Å². The molecule has 0 atom stereocenters. The van der Waals surface area contributed by atoms with Crippen LogP contribution in [0.1, 0.15) is 10.4 Å². The first-order valence-electron chi connectivity index (χ1n) is 6.24. The van der Waals surface area contributed by atoms with Gasteiger partial charge in [0.05, 0.1) is 22.6 Å². The Balaban J connectivity index is 2.23. The zero-order chi connectivity index (χ0) is 14.1. The minimum absolute atomic E-state index is 0.311. The molecule has 0 saturated carbocycles. The Kier molecular flexibility index (Phi) is 3.32. The summed E-state index contributed by atoms with van der Waals surface area (Å²) in [6.07, 6.45) is 0. The smallest absolute Gasteiger partial charge is 0.257 e. The van der Waals surface area contributed by atoms with Gasteiger partial charge in [-0.3, -0.25) is 4.79 Å². The van der Waals surface area contributed by atoms with Crippen molar-refractivity contribution < 1.29 is 9.18 Å². The largest absolute Gasteiger partial charge is 0.338 e. The van der Waals surface area contributed by atoms with Crippen LogP contribution in [0.3, 0.4) is 0 Å². The van der Waals surface area contributed by atoms with E-state index >= 15 is 0 Å². The van der Waals surface area contributed by atoms with Crippen molar-refractivity contribution in [3.63, 3.8) is 0 Å². The van der Waals surface area contributed by atoms with Gasteiger partial charge >= 0.3 is 0 Å². The van der Waals surface area contributed by atoms with Gasteiger partial charge in [0, 0.05) is 12.4 Å². The Hall–Kier alpha value is -2.07. The standard InChI is InChI=1S/C15H12ClFN2O/c16-7-8-19-13-6-5-10(17)9-11(13)15(20)18-12-3-1-2-4-14(12)19/h1-6,9H,7-8H2,(H,18,20). The molecular weight excluding hydrogens is 279 g/mol. The first kappa shape index (κ1) is 12.9. The maximum Gasteiger partial charge on any atom is 0.257 e. The van der Waals surface area contributed by atoms with E-state index in [1.807, 2.05) is 29.2 Å². The molecule has 2 aromatic carbocycles. The first-order valence-corrected chi connectivity index (χ1v) is 6.77. The summed E-state index contributed by atoms with van der Waals surface area (Å²) in [6, 6.07) is 11.7. The van der Waals surface area contributed by atoms with Crippen LogP contribution in [0.15, 0.2) is 42.5 Å². The van der Waals surface area contributed by atoms with Crippen LogP contribution in [0.25, 0.3) is 0 Å². The maximum atomic E-state index is 13.4. The van der Waals surface area contributed by atoms with Gasteiger partial charge in [-0.2, -0.15) is 0 Å². The van der Waals surface area contributed by atoms with E-state index in [4.69, 9.17) is 11.6 Å². The molecule has 1 aliphatic heterocycles. The molecule has 5 heteroatoms. The number of carbonyl (C=O) groups is 1. The predicted molar refractivity (Wildman–Crippen MR) is 78.5 cm³/mol. The molecule has 0 aliphatic carbocycles. The Bertz CT molecular complexity index is 675. The monoisotopic (exact) mass is 290 g/mol. The van der Waals surface area contributed by atoms with Crippen molar-refractivity contribution >= 4 is 34.6 Å². The summed E-state index contributed by atoms with van der Waals surface area (Å²) in [4.78, 5) is 14.2. The van der Waals surface area contributed by atoms with E-state index in [1.165, 1.54) is 12.1 Å². The molecule has 2 aromatic rings. The minimum atomic E-state index is -0.435. The molecule has 1 aliphatic rings. The van der Waals surface area contributed by atoms with E-state index in [9.17, 15) is 9.18 Å². The van der Waals surface area contributed by atoms with Crippen LogP contribution in [0.5, 0.6) is 0 Å². The lowest BCUT2D eigenvalue weighted by atomic mass is 10.1. The number of nitrogens with zero attached hydrogens (tertiary/aromatic N) is 1. The van der Waals surface area contributed by atoms with E-state index < -0.39 is 5.82 Å². The zero-order valence-electron chi connectivity index (χ0n) is 10.6. The third-order valence-electron chi connectivity index (χ3n) is 3.25. The van der Waals surface area contributed by atoms with Gasteiger partial charge in [0.15, 0.2) is 0 Å². The Morgan fingerprint density at radius 3 is 2.75 bits per heavy atom. The van der Waals surface area contributed by atoms with Crippen molar-refractivity contribution in [2.45, 2.75) is 0 Å². The van der Waals surface area contributed by atoms with E-state index in [2.05, 4.69) is 5.32 Å². The van der Waals surface area contributed by atoms with Gasteiger partial charge in [0.1, 0.15) is 5.82 Å². The number of benzene rings is 2. The van der Waals surface area contributed by atoms with Gasteiger partial charge < -0.3 is 10.2 Å². The second-order valence-corrected chi connectivity index (χ2v) is 4.85. The normalized spacial score (nSPS) is 13.3. The van der Waals surface area contributed by atoms with Gasteiger partial charge in [-0.25, -0.2) is 4.39 Å². The van der Waals surface area contributed by atoms with Crippen molar-refractivity contribution in [2.24, 2.45) is 0 Å². The highest BCUT2D eigenvalue weighted by molar-refractivity contribution is 6.18. The molecule has 3 nitrogen and oxygen atoms in total. The number of carbonyl (C=O) groups excluding carboxylic acids is 1. The number of rotatable bonds is 2. The number of hydrogen-bond donors (Lipinski definition) is 1. The van der Waals surface area contributed by atoms with Gasteiger partial charge in [0.25, 0.3) is 5.91 Å².